The van der Waals surface area contributed by atoms with Crippen LogP contribution in [0.15, 0.2) is 52.8 Å². The third-order valence-electron chi connectivity index (χ3n) is 9.02. The minimum atomic E-state index is -1.32. The number of aliphatic hydroxyl groups is 1. The fourth-order valence-electron chi connectivity index (χ4n) is 6.63. The van der Waals surface area contributed by atoms with Crippen LogP contribution in [0.3, 0.4) is 0 Å². The highest BCUT2D eigenvalue weighted by Crippen LogP contribution is 2.42. The second-order valence-electron chi connectivity index (χ2n) is 12.6. The van der Waals surface area contributed by atoms with Crippen molar-refractivity contribution in [1.29, 1.82) is 0 Å². The first kappa shape index (κ1) is 33.1. The number of nitrogens with zero attached hydrogens (tertiary/aromatic N) is 4. The van der Waals surface area contributed by atoms with Gasteiger partial charge in [0, 0.05) is 30.7 Å². The fourth-order valence-corrected chi connectivity index (χ4v) is 6.63. The van der Waals surface area contributed by atoms with Gasteiger partial charge in [-0.1, -0.05) is 11.1 Å². The fraction of sp³-hybridized carbons (Fsp3) is 0.444. The van der Waals surface area contributed by atoms with Crippen molar-refractivity contribution in [3.63, 3.8) is 0 Å². The molecule has 0 aliphatic carbocycles. The molecule has 254 valence electrons. The van der Waals surface area contributed by atoms with Crippen LogP contribution in [0.4, 0.5) is 16.2 Å². The van der Waals surface area contributed by atoms with E-state index in [1.54, 1.807) is 30.2 Å². The van der Waals surface area contributed by atoms with Gasteiger partial charge >= 0.3 is 6.09 Å². The number of unbranched alkanes of at least 4 members (excludes halogenated alkanes) is 2. The number of ether oxygens (including phenoxy) is 4. The number of carbonyl (C=O) groups excluding carboxylic acids is 3. The summed E-state index contributed by atoms with van der Waals surface area (Å²) in [6.07, 6.45) is 6.89. The molecule has 2 aromatic carbocycles. The molecule has 0 radical (unpaired) electrons. The van der Waals surface area contributed by atoms with E-state index >= 15 is 0 Å². The summed E-state index contributed by atoms with van der Waals surface area (Å²) in [5.74, 6) is 0.991. The summed E-state index contributed by atoms with van der Waals surface area (Å²) >= 11 is 0. The van der Waals surface area contributed by atoms with E-state index in [9.17, 15) is 19.5 Å². The van der Waals surface area contributed by atoms with Crippen molar-refractivity contribution in [2.75, 3.05) is 31.8 Å². The van der Waals surface area contributed by atoms with Crippen molar-refractivity contribution in [3.8, 4) is 17.2 Å². The summed E-state index contributed by atoms with van der Waals surface area (Å²) in [5.41, 5.74) is 4.55. The van der Waals surface area contributed by atoms with Crippen molar-refractivity contribution in [2.45, 2.75) is 78.1 Å². The SMILES string of the molecule is CCOC(=O)N1c2cc(OCCCCCOc3cc4c(cc3C)C(=O)N3C=C(C)CC3C=N4)c(OC)cc2C(=O)N2C=C(C)CC2C1O. The molecule has 0 aromatic heterocycles. The molecule has 0 bridgehead atoms. The molecule has 12 nitrogen and oxygen atoms in total. The highest BCUT2D eigenvalue weighted by Gasteiger charge is 2.45. The number of rotatable bonds is 10. The lowest BCUT2D eigenvalue weighted by Crippen LogP contribution is -2.50. The first-order valence-electron chi connectivity index (χ1n) is 16.4. The number of benzene rings is 2. The molecule has 1 N–H and O–H groups in total. The van der Waals surface area contributed by atoms with E-state index in [1.807, 2.05) is 45.3 Å². The second kappa shape index (κ2) is 13.7. The molecule has 4 heterocycles. The Kier molecular flexibility index (Phi) is 9.45. The summed E-state index contributed by atoms with van der Waals surface area (Å²) in [4.78, 5) is 48.8. The Hall–Kier alpha value is -4.84. The summed E-state index contributed by atoms with van der Waals surface area (Å²) < 4.78 is 23.0. The van der Waals surface area contributed by atoms with Gasteiger partial charge in [0.1, 0.15) is 5.75 Å². The van der Waals surface area contributed by atoms with Crippen LogP contribution in [-0.2, 0) is 4.74 Å². The van der Waals surface area contributed by atoms with Crippen LogP contribution in [0.25, 0.3) is 0 Å². The Morgan fingerprint density at radius 3 is 2.29 bits per heavy atom. The van der Waals surface area contributed by atoms with E-state index in [4.69, 9.17) is 18.9 Å². The summed E-state index contributed by atoms with van der Waals surface area (Å²) in [6.45, 7) is 8.45. The van der Waals surface area contributed by atoms with Crippen molar-refractivity contribution < 1.29 is 38.4 Å². The Morgan fingerprint density at radius 1 is 0.875 bits per heavy atom. The minimum absolute atomic E-state index is 0.0472. The number of aliphatic hydroxyl groups excluding tert-OH is 1. The van der Waals surface area contributed by atoms with Crippen LogP contribution in [0.1, 0.15) is 79.2 Å². The largest absolute Gasteiger partial charge is 0.493 e. The van der Waals surface area contributed by atoms with Crippen LogP contribution >= 0.6 is 0 Å². The molecule has 2 aromatic rings. The van der Waals surface area contributed by atoms with Gasteiger partial charge in [0.15, 0.2) is 17.7 Å². The van der Waals surface area contributed by atoms with Crippen LogP contribution in [-0.4, -0.2) is 84.3 Å². The zero-order valence-electron chi connectivity index (χ0n) is 28.0. The molecule has 0 fully saturated rings. The number of hydrogen-bond acceptors (Lipinski definition) is 9. The Labute approximate surface area is 280 Å². The lowest BCUT2D eigenvalue weighted by Gasteiger charge is -2.31. The first-order valence-corrected chi connectivity index (χ1v) is 16.4. The quantitative estimate of drug-likeness (QED) is 0.314. The summed E-state index contributed by atoms with van der Waals surface area (Å²) in [7, 11) is 1.49. The van der Waals surface area contributed by atoms with E-state index < -0.39 is 18.4 Å². The lowest BCUT2D eigenvalue weighted by atomic mass is 10.1. The average Bonchev–Trinajstić information content (AvgIpc) is 3.60. The molecule has 0 saturated heterocycles. The molecule has 4 aliphatic heterocycles. The van der Waals surface area contributed by atoms with Gasteiger partial charge in [-0.3, -0.25) is 14.6 Å². The van der Waals surface area contributed by atoms with Crippen molar-refractivity contribution >= 4 is 35.5 Å². The molecule has 0 spiro atoms. The zero-order valence-corrected chi connectivity index (χ0v) is 28.0. The van der Waals surface area contributed by atoms with E-state index in [0.29, 0.717) is 54.6 Å². The normalized spacial score (nSPS) is 21.0. The summed E-state index contributed by atoms with van der Waals surface area (Å²) in [5, 5.41) is 11.3. The molecule has 3 atom stereocenters. The average molecular weight is 659 g/mol. The lowest BCUT2D eigenvalue weighted by molar-refractivity contribution is 0.0553. The number of anilines is 1. The van der Waals surface area contributed by atoms with Gasteiger partial charge in [-0.2, -0.15) is 0 Å². The van der Waals surface area contributed by atoms with Gasteiger partial charge in [0.05, 0.1) is 61.5 Å². The molecule has 48 heavy (non-hydrogen) atoms. The molecule has 6 rings (SSSR count). The van der Waals surface area contributed by atoms with Crippen LogP contribution in [0.2, 0.25) is 0 Å². The summed E-state index contributed by atoms with van der Waals surface area (Å²) in [6, 6.07) is 6.11. The van der Waals surface area contributed by atoms with Crippen molar-refractivity contribution in [2.24, 2.45) is 4.99 Å². The Morgan fingerprint density at radius 2 is 1.56 bits per heavy atom. The van der Waals surface area contributed by atoms with Gasteiger partial charge in [0.2, 0.25) is 0 Å². The van der Waals surface area contributed by atoms with Gasteiger partial charge in [-0.25, -0.2) is 9.69 Å². The third-order valence-corrected chi connectivity index (χ3v) is 9.02. The molecular formula is C36H42N4O8. The standard InChI is InChI=1S/C36H42N4O8/c1-6-46-36(44)40-28-17-32(31(45-5)15-26(28)34(42)39-20-22(3)13-29(39)35(40)43)48-11-9-7-8-10-47-30-16-27-25(14-23(30)4)33(41)38-19-21(2)12-24(38)18-37-27/h14-20,24,29,35,43H,6-13H2,1-5H3. The monoisotopic (exact) mass is 658 g/mol. The number of aliphatic imine (C=N–C) groups is 1. The highest BCUT2D eigenvalue weighted by atomic mass is 16.6. The van der Waals surface area contributed by atoms with E-state index in [-0.39, 0.29) is 35.7 Å². The van der Waals surface area contributed by atoms with Crippen molar-refractivity contribution in [3.05, 3.63) is 64.5 Å². The van der Waals surface area contributed by atoms with E-state index in [2.05, 4.69) is 4.99 Å². The van der Waals surface area contributed by atoms with E-state index in [1.165, 1.54) is 12.0 Å². The molecule has 3 unspecified atom stereocenters. The maximum Gasteiger partial charge on any atom is 0.416 e. The predicted octanol–water partition coefficient (Wildman–Crippen LogP) is 5.88. The molecular weight excluding hydrogens is 616 g/mol. The van der Waals surface area contributed by atoms with Crippen LogP contribution in [0.5, 0.6) is 17.2 Å². The molecule has 3 amide bonds. The Balaban J connectivity index is 1.08. The first-order chi connectivity index (χ1) is 23.1. The van der Waals surface area contributed by atoms with Crippen molar-refractivity contribution in [1.82, 2.24) is 9.80 Å². The molecule has 4 aliphatic rings. The molecule has 0 saturated carbocycles. The number of methoxy groups -OCH3 is 1. The number of carbonyl (C=O) groups is 3. The number of hydrogen-bond donors (Lipinski definition) is 1. The topological polar surface area (TPSA) is 130 Å². The van der Waals surface area contributed by atoms with E-state index in [0.717, 1.165) is 40.9 Å². The highest BCUT2D eigenvalue weighted by molar-refractivity contribution is 6.06. The smallest absolute Gasteiger partial charge is 0.416 e. The van der Waals surface area contributed by atoms with Gasteiger partial charge in [0.25, 0.3) is 11.8 Å². The number of aryl methyl sites for hydroxylation is 1. The van der Waals surface area contributed by atoms with Gasteiger partial charge in [-0.05, 0) is 77.5 Å². The third kappa shape index (κ3) is 6.24. The van der Waals surface area contributed by atoms with Crippen LogP contribution in [0, 0.1) is 6.92 Å². The number of amides is 3. The maximum atomic E-state index is 13.6. The number of fused-ring (bicyclic) bond motifs is 4. The van der Waals surface area contributed by atoms with Crippen LogP contribution < -0.4 is 19.1 Å². The van der Waals surface area contributed by atoms with Gasteiger partial charge in [-0.15, -0.1) is 0 Å². The van der Waals surface area contributed by atoms with Gasteiger partial charge < -0.3 is 33.9 Å². The Bertz CT molecular complexity index is 1720. The minimum Gasteiger partial charge on any atom is -0.493 e. The zero-order chi connectivity index (χ0) is 34.1. The second-order valence-corrected chi connectivity index (χ2v) is 12.6. The maximum absolute atomic E-state index is 13.6. The molecule has 12 heteroatoms. The predicted molar refractivity (Wildman–Crippen MR) is 179 cm³/mol.